The maximum absolute atomic E-state index is 11.7. The van der Waals surface area contributed by atoms with Gasteiger partial charge in [0.1, 0.15) is 0 Å². The average molecular weight is 200 g/mol. The number of nitrogens with two attached hydrogens (primary N) is 1. The van der Waals surface area contributed by atoms with Crippen molar-refractivity contribution in [2.24, 2.45) is 5.73 Å². The summed E-state index contributed by atoms with van der Waals surface area (Å²) >= 11 is 0. The van der Waals surface area contributed by atoms with Gasteiger partial charge in [-0.3, -0.25) is 4.79 Å². The first-order valence-electron chi connectivity index (χ1n) is 4.79. The molecule has 0 spiro atoms. The van der Waals surface area contributed by atoms with Crippen molar-refractivity contribution in [3.05, 3.63) is 0 Å². The number of ether oxygens (including phenoxy) is 1. The van der Waals surface area contributed by atoms with Crippen LogP contribution in [0.2, 0.25) is 0 Å². The molecule has 1 aliphatic heterocycles. The van der Waals surface area contributed by atoms with Crippen LogP contribution in [0.3, 0.4) is 0 Å². The molecular weight excluding hydrogens is 184 g/mol. The van der Waals surface area contributed by atoms with Crippen LogP contribution in [-0.2, 0) is 9.53 Å². The first-order chi connectivity index (χ1) is 6.52. The first-order valence-corrected chi connectivity index (χ1v) is 4.79. The van der Waals surface area contributed by atoms with Crippen LogP contribution in [0.4, 0.5) is 4.79 Å². The number of amides is 2. The molecule has 1 fully saturated rings. The SMILES string of the molecule is CC(OC(N)=O)C(=O)N1CCCC1C. The smallest absolute Gasteiger partial charge is 0.405 e. The molecule has 2 unspecified atom stereocenters. The number of rotatable bonds is 2. The number of carbonyl (C=O) groups is 2. The van der Waals surface area contributed by atoms with Crippen molar-refractivity contribution in [1.29, 1.82) is 0 Å². The molecule has 1 saturated heterocycles. The van der Waals surface area contributed by atoms with E-state index < -0.39 is 12.2 Å². The van der Waals surface area contributed by atoms with Crippen molar-refractivity contribution in [3.8, 4) is 0 Å². The molecule has 5 heteroatoms. The lowest BCUT2D eigenvalue weighted by atomic mass is 10.2. The van der Waals surface area contributed by atoms with Gasteiger partial charge in [-0.2, -0.15) is 0 Å². The fraction of sp³-hybridized carbons (Fsp3) is 0.778. The molecule has 0 aliphatic carbocycles. The van der Waals surface area contributed by atoms with Crippen LogP contribution in [0, 0.1) is 0 Å². The Labute approximate surface area is 83.2 Å². The maximum atomic E-state index is 11.7. The molecule has 0 aromatic rings. The van der Waals surface area contributed by atoms with Crippen molar-refractivity contribution >= 4 is 12.0 Å². The van der Waals surface area contributed by atoms with E-state index in [4.69, 9.17) is 5.73 Å². The zero-order chi connectivity index (χ0) is 10.7. The highest BCUT2D eigenvalue weighted by atomic mass is 16.6. The van der Waals surface area contributed by atoms with Crippen LogP contribution >= 0.6 is 0 Å². The van der Waals surface area contributed by atoms with Crippen LogP contribution in [0.25, 0.3) is 0 Å². The maximum Gasteiger partial charge on any atom is 0.405 e. The third-order valence-electron chi connectivity index (χ3n) is 2.48. The molecule has 0 radical (unpaired) electrons. The lowest BCUT2D eigenvalue weighted by Crippen LogP contribution is -2.42. The molecule has 0 aromatic heterocycles. The lowest BCUT2D eigenvalue weighted by Gasteiger charge is -2.24. The molecule has 1 rings (SSSR count). The second kappa shape index (κ2) is 4.30. The molecule has 5 nitrogen and oxygen atoms in total. The van der Waals surface area contributed by atoms with Crippen molar-refractivity contribution in [3.63, 3.8) is 0 Å². The Morgan fingerprint density at radius 1 is 1.57 bits per heavy atom. The monoisotopic (exact) mass is 200 g/mol. The Bertz CT molecular complexity index is 242. The van der Waals surface area contributed by atoms with Crippen molar-refractivity contribution in [1.82, 2.24) is 4.90 Å². The van der Waals surface area contributed by atoms with E-state index in [2.05, 4.69) is 4.74 Å². The van der Waals surface area contributed by atoms with Crippen LogP contribution in [0.5, 0.6) is 0 Å². The summed E-state index contributed by atoms with van der Waals surface area (Å²) in [6, 6.07) is 0.237. The Hall–Kier alpha value is -1.26. The highest BCUT2D eigenvalue weighted by Gasteiger charge is 2.29. The molecule has 2 amide bonds. The molecular formula is C9H16N2O3. The predicted molar refractivity (Wildman–Crippen MR) is 50.5 cm³/mol. The van der Waals surface area contributed by atoms with Gasteiger partial charge < -0.3 is 15.4 Å². The van der Waals surface area contributed by atoms with Crippen molar-refractivity contribution in [2.45, 2.75) is 38.8 Å². The van der Waals surface area contributed by atoms with Crippen LogP contribution in [0.1, 0.15) is 26.7 Å². The lowest BCUT2D eigenvalue weighted by molar-refractivity contribution is -0.139. The minimum Gasteiger partial charge on any atom is -0.437 e. The highest BCUT2D eigenvalue weighted by Crippen LogP contribution is 2.17. The van der Waals surface area contributed by atoms with Gasteiger partial charge in [-0.25, -0.2) is 4.79 Å². The van der Waals surface area contributed by atoms with Crippen LogP contribution < -0.4 is 5.73 Å². The summed E-state index contributed by atoms with van der Waals surface area (Å²) in [5.41, 5.74) is 4.83. The van der Waals surface area contributed by atoms with Crippen molar-refractivity contribution in [2.75, 3.05) is 6.54 Å². The van der Waals surface area contributed by atoms with E-state index in [0.717, 1.165) is 19.4 Å². The van der Waals surface area contributed by atoms with Gasteiger partial charge in [0.05, 0.1) is 0 Å². The van der Waals surface area contributed by atoms with Gasteiger partial charge in [0, 0.05) is 12.6 Å². The van der Waals surface area contributed by atoms with Gasteiger partial charge in [0.25, 0.3) is 5.91 Å². The molecule has 2 N–H and O–H groups in total. The Morgan fingerprint density at radius 2 is 2.21 bits per heavy atom. The summed E-state index contributed by atoms with van der Waals surface area (Å²) in [7, 11) is 0. The molecule has 1 heterocycles. The van der Waals surface area contributed by atoms with Crippen molar-refractivity contribution < 1.29 is 14.3 Å². The third-order valence-corrected chi connectivity index (χ3v) is 2.48. The predicted octanol–water partition coefficient (Wildman–Crippen LogP) is 0.481. The molecule has 80 valence electrons. The van der Waals surface area contributed by atoms with E-state index in [1.54, 1.807) is 4.90 Å². The number of carbonyl (C=O) groups excluding carboxylic acids is 2. The van der Waals surface area contributed by atoms with Gasteiger partial charge in [-0.15, -0.1) is 0 Å². The summed E-state index contributed by atoms with van der Waals surface area (Å²) in [6.07, 6.45) is 0.344. The normalized spacial score (nSPS) is 23.3. The highest BCUT2D eigenvalue weighted by molar-refractivity contribution is 5.83. The van der Waals surface area contributed by atoms with E-state index in [1.165, 1.54) is 6.92 Å². The van der Waals surface area contributed by atoms with Gasteiger partial charge in [-0.05, 0) is 26.7 Å². The van der Waals surface area contributed by atoms with E-state index in [0.29, 0.717) is 0 Å². The molecule has 0 bridgehead atoms. The van der Waals surface area contributed by atoms with Gasteiger partial charge >= 0.3 is 6.09 Å². The number of nitrogens with zero attached hydrogens (tertiary/aromatic N) is 1. The Balaban J connectivity index is 2.51. The summed E-state index contributed by atoms with van der Waals surface area (Å²) < 4.78 is 4.62. The standard InChI is InChI=1S/C9H16N2O3/c1-6-4-3-5-11(6)8(12)7(2)14-9(10)13/h6-7H,3-5H2,1-2H3,(H2,10,13). The number of primary amides is 1. The molecule has 0 saturated carbocycles. The first kappa shape index (κ1) is 10.8. The Morgan fingerprint density at radius 3 is 2.64 bits per heavy atom. The van der Waals surface area contributed by atoms with E-state index in [-0.39, 0.29) is 11.9 Å². The second-order valence-electron chi connectivity index (χ2n) is 3.60. The van der Waals surface area contributed by atoms with Gasteiger partial charge in [0.2, 0.25) is 0 Å². The fourth-order valence-electron chi connectivity index (χ4n) is 1.72. The van der Waals surface area contributed by atoms with Gasteiger partial charge in [0.15, 0.2) is 6.10 Å². The minimum absolute atomic E-state index is 0.159. The zero-order valence-electron chi connectivity index (χ0n) is 8.53. The minimum atomic E-state index is -0.905. The molecule has 1 aliphatic rings. The summed E-state index contributed by atoms with van der Waals surface area (Å²) in [5.74, 6) is -0.159. The fourth-order valence-corrected chi connectivity index (χ4v) is 1.72. The molecule has 14 heavy (non-hydrogen) atoms. The Kier molecular flexibility index (Phi) is 3.33. The molecule has 0 aromatic carbocycles. The number of hydrogen-bond donors (Lipinski definition) is 1. The van der Waals surface area contributed by atoms with E-state index in [1.807, 2.05) is 6.92 Å². The largest absolute Gasteiger partial charge is 0.437 e. The third kappa shape index (κ3) is 2.37. The second-order valence-corrected chi connectivity index (χ2v) is 3.60. The zero-order valence-corrected chi connectivity index (χ0v) is 8.53. The summed E-state index contributed by atoms with van der Waals surface area (Å²) in [5, 5.41) is 0. The average Bonchev–Trinajstić information content (AvgIpc) is 2.48. The number of hydrogen-bond acceptors (Lipinski definition) is 3. The van der Waals surface area contributed by atoms with Crippen LogP contribution in [-0.4, -0.2) is 35.6 Å². The van der Waals surface area contributed by atoms with Gasteiger partial charge in [-0.1, -0.05) is 0 Å². The number of likely N-dealkylation sites (tertiary alicyclic amines) is 1. The topological polar surface area (TPSA) is 72.6 Å². The summed E-state index contributed by atoms with van der Waals surface area (Å²) in [4.78, 5) is 23.9. The van der Waals surface area contributed by atoms with Crippen LogP contribution in [0.15, 0.2) is 0 Å². The van der Waals surface area contributed by atoms with E-state index in [9.17, 15) is 9.59 Å². The van der Waals surface area contributed by atoms with E-state index >= 15 is 0 Å². The molecule has 2 atom stereocenters. The quantitative estimate of drug-likeness (QED) is 0.704. The summed E-state index contributed by atoms with van der Waals surface area (Å²) in [6.45, 7) is 4.27.